The van der Waals surface area contributed by atoms with Gasteiger partial charge in [0.2, 0.25) is 0 Å². The van der Waals surface area contributed by atoms with Crippen LogP contribution in [-0.2, 0) is 0 Å². The minimum Gasteiger partial charge on any atom is -0.394 e. The molecule has 2 nitrogen and oxygen atoms in total. The molecule has 0 saturated carbocycles. The molecule has 1 atom stereocenters. The van der Waals surface area contributed by atoms with Crippen LogP contribution >= 0.6 is 0 Å². The summed E-state index contributed by atoms with van der Waals surface area (Å²) in [6.45, 7) is 4.00. The number of nitrogens with two attached hydrogens (primary N) is 1. The van der Waals surface area contributed by atoms with Crippen LogP contribution in [0.5, 0.6) is 0 Å². The van der Waals surface area contributed by atoms with E-state index in [1.165, 1.54) is 0 Å². The highest BCUT2D eigenvalue weighted by molar-refractivity contribution is 4.75. The third-order valence-electron chi connectivity index (χ3n) is 1.18. The van der Waals surface area contributed by atoms with Crippen molar-refractivity contribution < 1.29 is 5.11 Å². The van der Waals surface area contributed by atoms with Crippen LogP contribution in [0.2, 0.25) is 0 Å². The van der Waals surface area contributed by atoms with Gasteiger partial charge in [-0.25, -0.2) is 0 Å². The second-order valence-electron chi connectivity index (χ2n) is 2.56. The predicted molar refractivity (Wildman–Crippen MR) is 34.6 cm³/mol. The maximum absolute atomic E-state index is 8.60. The Bertz CT molecular complexity index is 61.5. The molecule has 0 fully saturated rings. The van der Waals surface area contributed by atoms with Crippen LogP contribution in [0.15, 0.2) is 0 Å². The zero-order valence-corrected chi connectivity index (χ0v) is 5.65. The minimum atomic E-state index is -0.352. The van der Waals surface area contributed by atoms with Gasteiger partial charge in [-0.15, -0.1) is 0 Å². The van der Waals surface area contributed by atoms with Crippen molar-refractivity contribution in [2.75, 3.05) is 6.61 Å². The van der Waals surface area contributed by atoms with Crippen LogP contribution in [0.25, 0.3) is 0 Å². The van der Waals surface area contributed by atoms with Crippen molar-refractivity contribution in [2.24, 2.45) is 5.73 Å². The molecule has 0 heterocycles. The lowest BCUT2D eigenvalue weighted by molar-refractivity contribution is 0.199. The molecular formula is C6H15NO. The fourth-order valence-corrected chi connectivity index (χ4v) is 0.650. The molecule has 0 radical (unpaired) electrons. The lowest BCUT2D eigenvalue weighted by atomic mass is 9.99. The van der Waals surface area contributed by atoms with E-state index >= 15 is 0 Å². The van der Waals surface area contributed by atoms with Crippen molar-refractivity contribution in [1.82, 2.24) is 0 Å². The molecule has 1 unspecified atom stereocenters. The summed E-state index contributed by atoms with van der Waals surface area (Å²) in [4.78, 5) is 0. The molecule has 8 heavy (non-hydrogen) atoms. The summed E-state index contributed by atoms with van der Waals surface area (Å²) in [5.74, 6) is 0. The zero-order chi connectivity index (χ0) is 6.62. The van der Waals surface area contributed by atoms with Gasteiger partial charge >= 0.3 is 0 Å². The molecule has 0 aliphatic carbocycles. The zero-order valence-electron chi connectivity index (χ0n) is 5.65. The first kappa shape index (κ1) is 7.92. The number of rotatable bonds is 3. The standard InChI is InChI=1S/C6H15NO/c1-3-4-6(2,7)5-8/h8H,3-5,7H2,1-2H3. The van der Waals surface area contributed by atoms with Gasteiger partial charge in [0, 0.05) is 5.54 Å². The molecule has 0 spiro atoms. The van der Waals surface area contributed by atoms with E-state index < -0.39 is 0 Å². The smallest absolute Gasteiger partial charge is 0.0608 e. The molecule has 0 aromatic heterocycles. The number of aliphatic hydroxyl groups is 1. The van der Waals surface area contributed by atoms with Crippen LogP contribution in [0.3, 0.4) is 0 Å². The summed E-state index contributed by atoms with van der Waals surface area (Å²) < 4.78 is 0. The fourth-order valence-electron chi connectivity index (χ4n) is 0.650. The third kappa shape index (κ3) is 2.99. The van der Waals surface area contributed by atoms with Gasteiger partial charge in [0.1, 0.15) is 0 Å². The molecule has 0 aromatic rings. The Morgan fingerprint density at radius 3 is 2.25 bits per heavy atom. The Balaban J connectivity index is 3.37. The minimum absolute atomic E-state index is 0.0842. The molecule has 0 aromatic carbocycles. The number of hydrogen-bond donors (Lipinski definition) is 2. The van der Waals surface area contributed by atoms with E-state index in [1.54, 1.807) is 0 Å². The molecule has 0 rings (SSSR count). The summed E-state index contributed by atoms with van der Waals surface area (Å²) in [5.41, 5.74) is 5.22. The van der Waals surface area contributed by atoms with Gasteiger partial charge in [0.25, 0.3) is 0 Å². The fraction of sp³-hybridized carbons (Fsp3) is 1.00. The highest BCUT2D eigenvalue weighted by Crippen LogP contribution is 2.05. The highest BCUT2D eigenvalue weighted by Gasteiger charge is 2.13. The molecule has 0 saturated heterocycles. The Kier molecular flexibility index (Phi) is 3.02. The SMILES string of the molecule is CCCC(C)(N)CO. The van der Waals surface area contributed by atoms with Gasteiger partial charge in [-0.3, -0.25) is 0 Å². The van der Waals surface area contributed by atoms with Gasteiger partial charge in [0.15, 0.2) is 0 Å². The molecule has 0 bridgehead atoms. The van der Waals surface area contributed by atoms with Crippen molar-refractivity contribution in [3.63, 3.8) is 0 Å². The number of hydrogen-bond acceptors (Lipinski definition) is 2. The first-order chi connectivity index (χ1) is 3.62. The quantitative estimate of drug-likeness (QED) is 0.565. The maximum atomic E-state index is 8.60. The molecule has 0 aliphatic rings. The van der Waals surface area contributed by atoms with E-state index in [1.807, 2.05) is 6.92 Å². The van der Waals surface area contributed by atoms with E-state index in [-0.39, 0.29) is 12.1 Å². The first-order valence-electron chi connectivity index (χ1n) is 3.02. The van der Waals surface area contributed by atoms with Crippen molar-refractivity contribution in [3.05, 3.63) is 0 Å². The van der Waals surface area contributed by atoms with Crippen molar-refractivity contribution >= 4 is 0 Å². The molecule has 3 N–H and O–H groups in total. The molecule has 50 valence electrons. The summed E-state index contributed by atoms with van der Waals surface area (Å²) >= 11 is 0. The maximum Gasteiger partial charge on any atom is 0.0608 e. The van der Waals surface area contributed by atoms with Crippen molar-refractivity contribution in [3.8, 4) is 0 Å². The van der Waals surface area contributed by atoms with Gasteiger partial charge in [-0.2, -0.15) is 0 Å². The van der Waals surface area contributed by atoms with Crippen LogP contribution in [0, 0.1) is 0 Å². The molecule has 0 amide bonds. The Labute approximate surface area is 50.7 Å². The molecule has 0 aliphatic heterocycles. The van der Waals surface area contributed by atoms with Gasteiger partial charge in [-0.1, -0.05) is 13.3 Å². The largest absolute Gasteiger partial charge is 0.394 e. The van der Waals surface area contributed by atoms with Crippen LogP contribution in [-0.4, -0.2) is 17.3 Å². The average molecular weight is 117 g/mol. The normalized spacial score (nSPS) is 18.0. The summed E-state index contributed by atoms with van der Waals surface area (Å²) in [6.07, 6.45) is 1.93. The van der Waals surface area contributed by atoms with Crippen molar-refractivity contribution in [2.45, 2.75) is 32.2 Å². The topological polar surface area (TPSA) is 46.2 Å². The Morgan fingerprint density at radius 1 is 1.62 bits per heavy atom. The van der Waals surface area contributed by atoms with E-state index in [0.29, 0.717) is 0 Å². The van der Waals surface area contributed by atoms with Gasteiger partial charge < -0.3 is 10.8 Å². The second kappa shape index (κ2) is 3.05. The van der Waals surface area contributed by atoms with Crippen molar-refractivity contribution in [1.29, 1.82) is 0 Å². The van der Waals surface area contributed by atoms with Crippen LogP contribution in [0.1, 0.15) is 26.7 Å². The third-order valence-corrected chi connectivity index (χ3v) is 1.18. The molecule has 2 heteroatoms. The lowest BCUT2D eigenvalue weighted by Crippen LogP contribution is -2.39. The second-order valence-corrected chi connectivity index (χ2v) is 2.56. The van der Waals surface area contributed by atoms with E-state index in [4.69, 9.17) is 10.8 Å². The Morgan fingerprint density at radius 2 is 2.12 bits per heavy atom. The van der Waals surface area contributed by atoms with E-state index in [2.05, 4.69) is 6.92 Å². The summed E-state index contributed by atoms with van der Waals surface area (Å²) in [5, 5.41) is 8.60. The molecular weight excluding hydrogens is 102 g/mol. The van der Waals surface area contributed by atoms with E-state index in [0.717, 1.165) is 12.8 Å². The van der Waals surface area contributed by atoms with E-state index in [9.17, 15) is 0 Å². The van der Waals surface area contributed by atoms with Crippen LogP contribution < -0.4 is 5.73 Å². The van der Waals surface area contributed by atoms with Crippen LogP contribution in [0.4, 0.5) is 0 Å². The monoisotopic (exact) mass is 117 g/mol. The number of aliphatic hydroxyl groups excluding tert-OH is 1. The Hall–Kier alpha value is -0.0800. The highest BCUT2D eigenvalue weighted by atomic mass is 16.3. The summed E-state index contributed by atoms with van der Waals surface area (Å²) in [6, 6.07) is 0. The average Bonchev–Trinajstić information content (AvgIpc) is 1.67. The van der Waals surface area contributed by atoms with Gasteiger partial charge in [0.05, 0.1) is 6.61 Å². The van der Waals surface area contributed by atoms with Gasteiger partial charge in [-0.05, 0) is 13.3 Å². The first-order valence-corrected chi connectivity index (χ1v) is 3.02. The summed E-state index contributed by atoms with van der Waals surface area (Å²) in [7, 11) is 0. The lowest BCUT2D eigenvalue weighted by Gasteiger charge is -2.19. The predicted octanol–water partition coefficient (Wildman–Crippen LogP) is 0.496.